The van der Waals surface area contributed by atoms with Gasteiger partial charge in [-0.2, -0.15) is 0 Å². The third kappa shape index (κ3) is 63.3. The van der Waals surface area contributed by atoms with Crippen molar-refractivity contribution in [1.29, 1.82) is 0 Å². The molecule has 1 atom stereocenters. The van der Waals surface area contributed by atoms with Gasteiger partial charge in [0.05, 0.1) is 0 Å². The average Bonchev–Trinajstić information content (AvgIpc) is 3.43. The Labute approximate surface area is 477 Å². The van der Waals surface area contributed by atoms with Crippen molar-refractivity contribution < 1.29 is 28.6 Å². The van der Waals surface area contributed by atoms with Gasteiger partial charge in [0.1, 0.15) is 13.2 Å². The summed E-state index contributed by atoms with van der Waals surface area (Å²) in [6, 6.07) is 0. The van der Waals surface area contributed by atoms with E-state index in [1.54, 1.807) is 0 Å². The molecule has 444 valence electrons. The fourth-order valence-electron chi connectivity index (χ4n) is 9.43. The van der Waals surface area contributed by atoms with Crippen molar-refractivity contribution in [2.24, 2.45) is 0 Å². The Morgan fingerprint density at radius 2 is 0.532 bits per heavy atom. The molecule has 0 amide bonds. The first-order chi connectivity index (χ1) is 38.0. The number of carbonyl (C=O) groups is 3. The molecule has 0 rings (SSSR count). The topological polar surface area (TPSA) is 78.9 Å². The molecular formula is C71H124O6. The lowest BCUT2D eigenvalue weighted by Crippen LogP contribution is -2.30. The van der Waals surface area contributed by atoms with Gasteiger partial charge in [-0.25, -0.2) is 0 Å². The summed E-state index contributed by atoms with van der Waals surface area (Å²) in [4.78, 5) is 38.3. The Bertz CT molecular complexity index is 1470. The van der Waals surface area contributed by atoms with E-state index in [4.69, 9.17) is 14.2 Å². The van der Waals surface area contributed by atoms with Crippen LogP contribution in [0.3, 0.4) is 0 Å². The normalized spacial score (nSPS) is 12.6. The van der Waals surface area contributed by atoms with E-state index in [-0.39, 0.29) is 37.5 Å². The van der Waals surface area contributed by atoms with Crippen molar-refractivity contribution >= 4 is 17.9 Å². The SMILES string of the molecule is CC/C=C\C/C=C\C/C=C\C/C=C\CCC(=O)OCC(COC(=O)CCCCCCCCCCCCC/C=C\C/C=C\CCCCCCC)OC(=O)CCCCCCCCCCCCC/C=C\CCCCCCCCCC. The monoisotopic (exact) mass is 1070 g/mol. The van der Waals surface area contributed by atoms with E-state index in [2.05, 4.69) is 99.8 Å². The highest BCUT2D eigenvalue weighted by Gasteiger charge is 2.19. The minimum atomic E-state index is -0.808. The van der Waals surface area contributed by atoms with Crippen molar-refractivity contribution in [2.75, 3.05) is 13.2 Å². The summed E-state index contributed by atoms with van der Waals surface area (Å²) in [5.74, 6) is -0.973. The molecule has 6 nitrogen and oxygen atoms in total. The van der Waals surface area contributed by atoms with Crippen molar-refractivity contribution in [3.05, 3.63) is 85.1 Å². The maximum atomic E-state index is 12.9. The maximum absolute atomic E-state index is 12.9. The second-order valence-electron chi connectivity index (χ2n) is 22.0. The molecule has 0 aromatic heterocycles. The van der Waals surface area contributed by atoms with E-state index in [0.717, 1.165) is 70.6 Å². The van der Waals surface area contributed by atoms with Gasteiger partial charge >= 0.3 is 17.9 Å². The number of hydrogen-bond acceptors (Lipinski definition) is 6. The highest BCUT2D eigenvalue weighted by Crippen LogP contribution is 2.17. The molecule has 0 aliphatic carbocycles. The molecule has 0 aromatic rings. The van der Waals surface area contributed by atoms with Gasteiger partial charge in [0.15, 0.2) is 6.10 Å². The third-order valence-electron chi connectivity index (χ3n) is 14.4. The Morgan fingerprint density at radius 3 is 0.883 bits per heavy atom. The lowest BCUT2D eigenvalue weighted by Gasteiger charge is -2.18. The smallest absolute Gasteiger partial charge is 0.306 e. The van der Waals surface area contributed by atoms with Crippen molar-refractivity contribution in [3.63, 3.8) is 0 Å². The van der Waals surface area contributed by atoms with E-state index >= 15 is 0 Å². The van der Waals surface area contributed by atoms with Crippen molar-refractivity contribution in [3.8, 4) is 0 Å². The molecule has 0 bridgehead atoms. The Balaban J connectivity index is 4.34. The lowest BCUT2D eigenvalue weighted by molar-refractivity contribution is -0.166. The van der Waals surface area contributed by atoms with Crippen LogP contribution in [0.2, 0.25) is 0 Å². The molecule has 0 radical (unpaired) electrons. The van der Waals surface area contributed by atoms with Crippen LogP contribution in [0.1, 0.15) is 329 Å². The quantitative estimate of drug-likeness (QED) is 0.0261. The fourth-order valence-corrected chi connectivity index (χ4v) is 9.43. The average molecular weight is 1070 g/mol. The molecule has 6 heteroatoms. The van der Waals surface area contributed by atoms with Gasteiger partial charge in [-0.1, -0.05) is 292 Å². The van der Waals surface area contributed by atoms with Crippen LogP contribution in [0.4, 0.5) is 0 Å². The van der Waals surface area contributed by atoms with Crippen LogP contribution in [0.5, 0.6) is 0 Å². The third-order valence-corrected chi connectivity index (χ3v) is 14.4. The minimum Gasteiger partial charge on any atom is -0.462 e. The Kier molecular flexibility index (Phi) is 62.2. The number of carbonyl (C=O) groups excluding carboxylic acids is 3. The van der Waals surface area contributed by atoms with Crippen LogP contribution >= 0.6 is 0 Å². The van der Waals surface area contributed by atoms with Crippen LogP contribution in [0.25, 0.3) is 0 Å². The van der Waals surface area contributed by atoms with Gasteiger partial charge in [-0.05, 0) is 103 Å². The summed E-state index contributed by atoms with van der Waals surface area (Å²) in [6.07, 6.45) is 86.2. The first-order valence-electron chi connectivity index (χ1n) is 33.1. The molecular weight excluding hydrogens is 949 g/mol. The van der Waals surface area contributed by atoms with Gasteiger partial charge in [0.2, 0.25) is 0 Å². The van der Waals surface area contributed by atoms with E-state index in [9.17, 15) is 14.4 Å². The zero-order chi connectivity index (χ0) is 55.7. The molecule has 0 heterocycles. The summed E-state index contributed by atoms with van der Waals surface area (Å²) in [6.45, 7) is 6.48. The second kappa shape index (κ2) is 65.1. The van der Waals surface area contributed by atoms with E-state index in [1.165, 1.54) is 212 Å². The number of allylic oxidation sites excluding steroid dienone is 14. The number of rotatable bonds is 60. The zero-order valence-electron chi connectivity index (χ0n) is 51.0. The molecule has 0 aliphatic heterocycles. The van der Waals surface area contributed by atoms with E-state index < -0.39 is 6.10 Å². The highest BCUT2D eigenvalue weighted by molar-refractivity contribution is 5.71. The molecule has 0 saturated carbocycles. The van der Waals surface area contributed by atoms with Crippen LogP contribution in [0.15, 0.2) is 85.1 Å². The van der Waals surface area contributed by atoms with Crippen LogP contribution in [-0.2, 0) is 28.6 Å². The molecule has 77 heavy (non-hydrogen) atoms. The van der Waals surface area contributed by atoms with Crippen LogP contribution < -0.4 is 0 Å². The van der Waals surface area contributed by atoms with E-state index in [0.29, 0.717) is 19.3 Å². The summed E-state index contributed by atoms with van der Waals surface area (Å²) in [5.41, 5.74) is 0. The molecule has 0 spiro atoms. The summed E-state index contributed by atoms with van der Waals surface area (Å²) >= 11 is 0. The predicted molar refractivity (Wildman–Crippen MR) is 334 cm³/mol. The lowest BCUT2D eigenvalue weighted by atomic mass is 10.0. The number of hydrogen-bond donors (Lipinski definition) is 0. The summed E-state index contributed by atoms with van der Waals surface area (Å²) < 4.78 is 16.9. The Morgan fingerprint density at radius 1 is 0.273 bits per heavy atom. The number of esters is 3. The maximum Gasteiger partial charge on any atom is 0.306 e. The fraction of sp³-hybridized carbons (Fsp3) is 0.761. The van der Waals surface area contributed by atoms with Gasteiger partial charge in [-0.3, -0.25) is 14.4 Å². The van der Waals surface area contributed by atoms with Gasteiger partial charge in [-0.15, -0.1) is 0 Å². The number of unbranched alkanes of at least 4 members (excludes halogenated alkanes) is 35. The molecule has 0 aliphatic rings. The van der Waals surface area contributed by atoms with Crippen LogP contribution in [0, 0.1) is 0 Å². The van der Waals surface area contributed by atoms with Crippen LogP contribution in [-0.4, -0.2) is 37.2 Å². The minimum absolute atomic E-state index is 0.0984. The largest absolute Gasteiger partial charge is 0.462 e. The van der Waals surface area contributed by atoms with Gasteiger partial charge < -0.3 is 14.2 Å². The Hall–Kier alpha value is -3.41. The molecule has 0 aromatic carbocycles. The van der Waals surface area contributed by atoms with Gasteiger partial charge in [0, 0.05) is 19.3 Å². The zero-order valence-corrected chi connectivity index (χ0v) is 51.0. The van der Waals surface area contributed by atoms with Gasteiger partial charge in [0.25, 0.3) is 0 Å². The second-order valence-corrected chi connectivity index (χ2v) is 22.0. The molecule has 0 fully saturated rings. The van der Waals surface area contributed by atoms with E-state index in [1.807, 2.05) is 6.08 Å². The predicted octanol–water partition coefficient (Wildman–Crippen LogP) is 22.7. The first kappa shape index (κ1) is 73.6. The number of ether oxygens (including phenoxy) is 3. The first-order valence-corrected chi connectivity index (χ1v) is 33.1. The summed E-state index contributed by atoms with van der Waals surface area (Å²) in [7, 11) is 0. The standard InChI is InChI=1S/C71H124O6/c1-4-7-10-13-16-19-22-25-27-29-31-33-35-37-39-41-43-46-49-52-55-58-61-64-70(73)76-67-68(66-75-69(72)63-60-57-54-51-48-45-24-21-18-15-12-9-6-3)77-71(74)65-62-59-56-53-50-47-44-42-40-38-36-34-32-30-28-26-23-20-17-14-11-8-5-2/h9,12,18,21-22,25,29-32,45,48,54,57,68H,4-8,10-11,13-17,19-20,23-24,26-28,33-44,46-47,49-53,55-56,58-67H2,1-3H3/b12-9-,21-18-,25-22-,31-29-,32-30-,48-45-,57-54-. The molecule has 0 saturated heterocycles. The summed E-state index contributed by atoms with van der Waals surface area (Å²) in [5, 5.41) is 0. The molecule has 1 unspecified atom stereocenters. The highest BCUT2D eigenvalue weighted by atomic mass is 16.6. The van der Waals surface area contributed by atoms with Crippen molar-refractivity contribution in [1.82, 2.24) is 0 Å². The van der Waals surface area contributed by atoms with Crippen molar-refractivity contribution in [2.45, 2.75) is 335 Å². The molecule has 0 N–H and O–H groups in total.